The van der Waals surface area contributed by atoms with E-state index in [0.717, 1.165) is 19.3 Å². The van der Waals surface area contributed by atoms with Gasteiger partial charge in [-0.1, -0.05) is 37.5 Å². The van der Waals surface area contributed by atoms with Crippen molar-refractivity contribution in [2.75, 3.05) is 18.4 Å². The van der Waals surface area contributed by atoms with Gasteiger partial charge in [0, 0.05) is 18.8 Å². The van der Waals surface area contributed by atoms with E-state index >= 15 is 0 Å². The maximum absolute atomic E-state index is 12.7. The highest BCUT2D eigenvalue weighted by Crippen LogP contribution is 2.28. The zero-order valence-electron chi connectivity index (χ0n) is 17.9. The van der Waals surface area contributed by atoms with Crippen LogP contribution in [0.4, 0.5) is 10.5 Å². The lowest BCUT2D eigenvalue weighted by Crippen LogP contribution is -2.52. The fourth-order valence-electron chi connectivity index (χ4n) is 4.16. The second kappa shape index (κ2) is 10.3. The van der Waals surface area contributed by atoms with Crippen molar-refractivity contribution in [2.24, 2.45) is 5.92 Å². The number of ether oxygens (including phenoxy) is 1. The summed E-state index contributed by atoms with van der Waals surface area (Å²) in [6, 6.07) is 11.1. The topological polar surface area (TPSA) is 112 Å². The first-order valence-corrected chi connectivity index (χ1v) is 11.0. The number of benzene rings is 1. The van der Waals surface area contributed by atoms with E-state index in [1.807, 2.05) is 18.2 Å². The van der Waals surface area contributed by atoms with E-state index in [9.17, 15) is 19.6 Å². The van der Waals surface area contributed by atoms with Crippen molar-refractivity contribution in [3.63, 3.8) is 0 Å². The molecule has 2 N–H and O–H groups in total. The highest BCUT2D eigenvalue weighted by atomic mass is 16.5. The smallest absolute Gasteiger partial charge is 0.321 e. The highest BCUT2D eigenvalue weighted by molar-refractivity contribution is 5.90. The van der Waals surface area contributed by atoms with Crippen molar-refractivity contribution in [3.05, 3.63) is 30.3 Å². The van der Waals surface area contributed by atoms with E-state index in [-0.39, 0.29) is 12.6 Å². The van der Waals surface area contributed by atoms with Crippen LogP contribution < -0.4 is 10.6 Å². The lowest BCUT2D eigenvalue weighted by Gasteiger charge is -2.33. The van der Waals surface area contributed by atoms with Gasteiger partial charge >= 0.3 is 12.0 Å². The normalized spacial score (nSPS) is 21.3. The zero-order chi connectivity index (χ0) is 22.3. The number of carbonyl (C=O) groups excluding carboxylic acids is 3. The maximum atomic E-state index is 12.7. The average Bonchev–Trinajstić information content (AvgIpc) is 2.80. The summed E-state index contributed by atoms with van der Waals surface area (Å²) in [6.07, 6.45) is 4.36. The Kier molecular flexibility index (Phi) is 7.50. The minimum atomic E-state index is -0.992. The van der Waals surface area contributed by atoms with Gasteiger partial charge in [0.2, 0.25) is 0 Å². The van der Waals surface area contributed by atoms with Crippen molar-refractivity contribution in [1.29, 1.82) is 5.26 Å². The molecule has 3 rings (SSSR count). The predicted molar refractivity (Wildman–Crippen MR) is 115 cm³/mol. The Bertz CT molecular complexity index is 830. The van der Waals surface area contributed by atoms with Gasteiger partial charge in [-0.25, -0.2) is 4.79 Å². The van der Waals surface area contributed by atoms with Gasteiger partial charge < -0.3 is 20.3 Å². The molecular formula is C23H30N4O4. The lowest BCUT2D eigenvalue weighted by molar-refractivity contribution is -0.160. The maximum Gasteiger partial charge on any atom is 0.321 e. The van der Waals surface area contributed by atoms with Crippen molar-refractivity contribution in [3.8, 4) is 6.07 Å². The number of amides is 3. The molecule has 8 heteroatoms. The number of rotatable bonds is 5. The summed E-state index contributed by atoms with van der Waals surface area (Å²) in [4.78, 5) is 39.3. The van der Waals surface area contributed by atoms with Crippen LogP contribution in [-0.2, 0) is 14.3 Å². The molecule has 2 fully saturated rings. The predicted octanol–water partition coefficient (Wildman–Crippen LogP) is 3.20. The number of carbonyl (C=O) groups is 3. The second-order valence-corrected chi connectivity index (χ2v) is 8.40. The molecule has 31 heavy (non-hydrogen) atoms. The molecule has 3 amide bonds. The number of likely N-dealkylation sites (tertiary alicyclic amines) is 1. The molecule has 1 saturated carbocycles. The van der Waals surface area contributed by atoms with Crippen LogP contribution in [-0.4, -0.2) is 47.5 Å². The van der Waals surface area contributed by atoms with Crippen LogP contribution in [0.1, 0.15) is 51.9 Å². The number of piperidine rings is 1. The minimum absolute atomic E-state index is 0.244. The molecule has 0 bridgehead atoms. The van der Waals surface area contributed by atoms with E-state index in [0.29, 0.717) is 37.9 Å². The third-order valence-electron chi connectivity index (χ3n) is 6.01. The molecular weight excluding hydrogens is 396 g/mol. The summed E-state index contributed by atoms with van der Waals surface area (Å²) < 4.78 is 5.41. The van der Waals surface area contributed by atoms with Gasteiger partial charge in [0.05, 0.1) is 12.0 Å². The summed E-state index contributed by atoms with van der Waals surface area (Å²) in [7, 11) is 0. The van der Waals surface area contributed by atoms with Crippen LogP contribution in [0.15, 0.2) is 30.3 Å². The first kappa shape index (κ1) is 22.6. The van der Waals surface area contributed by atoms with Crippen LogP contribution in [0.3, 0.4) is 0 Å². The zero-order valence-corrected chi connectivity index (χ0v) is 17.9. The Balaban J connectivity index is 1.51. The van der Waals surface area contributed by atoms with Crippen LogP contribution in [0, 0.1) is 17.2 Å². The number of hydrogen-bond acceptors (Lipinski definition) is 5. The average molecular weight is 427 g/mol. The Labute approximate surface area is 182 Å². The van der Waals surface area contributed by atoms with Gasteiger partial charge in [0.25, 0.3) is 5.91 Å². The number of nitrogens with zero attached hydrogens (tertiary/aromatic N) is 2. The molecule has 1 aromatic rings. The fourth-order valence-corrected chi connectivity index (χ4v) is 4.16. The molecule has 1 aromatic carbocycles. The molecule has 0 aromatic heterocycles. The van der Waals surface area contributed by atoms with Crippen LogP contribution in [0.2, 0.25) is 0 Å². The molecule has 0 spiro atoms. The van der Waals surface area contributed by atoms with Gasteiger partial charge in [-0.3, -0.25) is 9.59 Å². The molecule has 1 saturated heterocycles. The monoisotopic (exact) mass is 426 g/mol. The summed E-state index contributed by atoms with van der Waals surface area (Å²) in [5.41, 5.74) is -0.177. The molecule has 1 aliphatic heterocycles. The lowest BCUT2D eigenvalue weighted by atomic mass is 9.83. The molecule has 2 unspecified atom stereocenters. The standard InChI is InChI=1S/C23H30N4O4/c1-17(20(28)26-23(16-24)12-6-3-7-13-23)31-21(29)18-9-8-14-27(15-18)22(30)25-19-10-4-2-5-11-19/h2,4-5,10-11,17-18H,3,6-9,12-15H2,1H3,(H,25,30)(H,26,28). The molecule has 166 valence electrons. The Morgan fingerprint density at radius 2 is 1.87 bits per heavy atom. The number of esters is 1. The van der Waals surface area contributed by atoms with Gasteiger partial charge in [0.1, 0.15) is 5.54 Å². The van der Waals surface area contributed by atoms with Crippen molar-refractivity contribution >= 4 is 23.6 Å². The molecule has 2 aliphatic rings. The van der Waals surface area contributed by atoms with E-state index in [4.69, 9.17) is 4.74 Å². The molecule has 1 aliphatic carbocycles. The van der Waals surface area contributed by atoms with Gasteiger partial charge in [-0.15, -0.1) is 0 Å². The largest absolute Gasteiger partial charge is 0.452 e. The Morgan fingerprint density at radius 3 is 2.55 bits per heavy atom. The molecule has 0 radical (unpaired) electrons. The third kappa shape index (κ3) is 5.97. The third-order valence-corrected chi connectivity index (χ3v) is 6.01. The van der Waals surface area contributed by atoms with E-state index in [2.05, 4.69) is 16.7 Å². The van der Waals surface area contributed by atoms with Gasteiger partial charge in [0.15, 0.2) is 6.10 Å². The van der Waals surface area contributed by atoms with E-state index in [1.165, 1.54) is 6.92 Å². The first-order chi connectivity index (χ1) is 14.9. The SMILES string of the molecule is CC(OC(=O)C1CCCN(C(=O)Nc2ccccc2)C1)C(=O)NC1(C#N)CCCCC1. The number of urea groups is 1. The first-order valence-electron chi connectivity index (χ1n) is 11.0. The molecule has 8 nitrogen and oxygen atoms in total. The molecule has 2 atom stereocenters. The number of hydrogen-bond donors (Lipinski definition) is 2. The molecule has 1 heterocycles. The Morgan fingerprint density at radius 1 is 1.16 bits per heavy atom. The van der Waals surface area contributed by atoms with Crippen LogP contribution >= 0.6 is 0 Å². The highest BCUT2D eigenvalue weighted by Gasteiger charge is 2.36. The van der Waals surface area contributed by atoms with Gasteiger partial charge in [-0.05, 0) is 44.7 Å². The number of anilines is 1. The van der Waals surface area contributed by atoms with Crippen LogP contribution in [0.5, 0.6) is 0 Å². The van der Waals surface area contributed by atoms with Gasteiger partial charge in [-0.2, -0.15) is 5.26 Å². The van der Waals surface area contributed by atoms with Crippen molar-refractivity contribution in [2.45, 2.75) is 63.5 Å². The van der Waals surface area contributed by atoms with Crippen molar-refractivity contribution in [1.82, 2.24) is 10.2 Å². The number of nitrogens with one attached hydrogen (secondary N) is 2. The van der Waals surface area contributed by atoms with E-state index in [1.54, 1.807) is 17.0 Å². The summed E-state index contributed by atoms with van der Waals surface area (Å²) in [5, 5.41) is 15.1. The summed E-state index contributed by atoms with van der Waals surface area (Å²) >= 11 is 0. The number of para-hydroxylation sites is 1. The summed E-state index contributed by atoms with van der Waals surface area (Å²) in [5.74, 6) is -1.43. The van der Waals surface area contributed by atoms with E-state index < -0.39 is 29.4 Å². The summed E-state index contributed by atoms with van der Waals surface area (Å²) in [6.45, 7) is 2.32. The Hall–Kier alpha value is -3.08. The second-order valence-electron chi connectivity index (χ2n) is 8.40. The van der Waals surface area contributed by atoms with Crippen molar-refractivity contribution < 1.29 is 19.1 Å². The fraction of sp³-hybridized carbons (Fsp3) is 0.565. The van der Waals surface area contributed by atoms with Crippen LogP contribution in [0.25, 0.3) is 0 Å². The number of nitriles is 1. The quantitative estimate of drug-likeness (QED) is 0.702. The minimum Gasteiger partial charge on any atom is -0.452 e.